The number of aliphatic carboxylic acids is 1. The van der Waals surface area contributed by atoms with Crippen molar-refractivity contribution < 1.29 is 14.7 Å². The van der Waals surface area contributed by atoms with Crippen LogP contribution in [-0.2, 0) is 4.79 Å². The predicted molar refractivity (Wildman–Crippen MR) is 60.5 cm³/mol. The Morgan fingerprint density at radius 1 is 1.47 bits per heavy atom. The van der Waals surface area contributed by atoms with Gasteiger partial charge in [0, 0.05) is 12.7 Å². The highest BCUT2D eigenvalue weighted by molar-refractivity contribution is 5.92. The maximum Gasteiger partial charge on any atom is 0.311 e. The van der Waals surface area contributed by atoms with Crippen LogP contribution in [0.15, 0.2) is 18.3 Å². The van der Waals surface area contributed by atoms with E-state index in [-0.39, 0.29) is 0 Å². The second kappa shape index (κ2) is 4.04. The average Bonchev–Trinajstić information content (AvgIpc) is 3.08. The highest BCUT2D eigenvalue weighted by atomic mass is 16.4. The molecule has 1 fully saturated rings. The van der Waals surface area contributed by atoms with Crippen molar-refractivity contribution >= 4 is 17.7 Å². The molecule has 0 aliphatic heterocycles. The third kappa shape index (κ3) is 2.35. The number of anilines is 1. The van der Waals surface area contributed by atoms with E-state index < -0.39 is 17.3 Å². The molecule has 6 heteroatoms. The van der Waals surface area contributed by atoms with Gasteiger partial charge in [-0.3, -0.25) is 9.59 Å². The quantitative estimate of drug-likeness (QED) is 0.687. The van der Waals surface area contributed by atoms with Crippen LogP contribution in [0.4, 0.5) is 5.82 Å². The molecule has 0 aromatic carbocycles. The molecule has 6 nitrogen and oxygen atoms in total. The number of hydrogen-bond acceptors (Lipinski definition) is 4. The van der Waals surface area contributed by atoms with E-state index in [9.17, 15) is 9.59 Å². The van der Waals surface area contributed by atoms with E-state index >= 15 is 0 Å². The second-order valence-corrected chi connectivity index (χ2v) is 4.24. The summed E-state index contributed by atoms with van der Waals surface area (Å²) in [6.07, 6.45) is 2.74. The van der Waals surface area contributed by atoms with Crippen LogP contribution in [0.3, 0.4) is 0 Å². The van der Waals surface area contributed by atoms with Gasteiger partial charge in [-0.15, -0.1) is 0 Å². The zero-order valence-electron chi connectivity index (χ0n) is 9.14. The molecule has 0 bridgehead atoms. The van der Waals surface area contributed by atoms with Crippen molar-refractivity contribution in [2.45, 2.75) is 12.8 Å². The molecule has 1 heterocycles. The van der Waals surface area contributed by atoms with Gasteiger partial charge in [0.25, 0.3) is 0 Å². The number of rotatable bonds is 5. The molecule has 2 rings (SSSR count). The highest BCUT2D eigenvalue weighted by Gasteiger charge is 2.50. The zero-order chi connectivity index (χ0) is 12.5. The first-order valence-corrected chi connectivity index (χ1v) is 5.27. The van der Waals surface area contributed by atoms with E-state index in [4.69, 9.17) is 10.8 Å². The number of nitrogens with one attached hydrogen (secondary N) is 1. The molecule has 1 aromatic rings. The Kier molecular flexibility index (Phi) is 2.71. The number of nitrogens with zero attached hydrogens (tertiary/aromatic N) is 1. The molecule has 0 radical (unpaired) electrons. The number of carboxylic acids is 1. The molecule has 17 heavy (non-hydrogen) atoms. The number of amides is 1. The van der Waals surface area contributed by atoms with Crippen LogP contribution in [0.1, 0.15) is 23.2 Å². The lowest BCUT2D eigenvalue weighted by atomic mass is 10.1. The minimum atomic E-state index is -0.779. The summed E-state index contributed by atoms with van der Waals surface area (Å²) < 4.78 is 0. The third-order valence-corrected chi connectivity index (χ3v) is 2.96. The normalized spacial score (nSPS) is 16.2. The number of hydrogen-bond donors (Lipinski definition) is 3. The molecule has 0 saturated heterocycles. The average molecular weight is 235 g/mol. The summed E-state index contributed by atoms with van der Waals surface area (Å²) in [4.78, 5) is 25.7. The molecule has 4 N–H and O–H groups in total. The van der Waals surface area contributed by atoms with Crippen LogP contribution < -0.4 is 11.1 Å². The van der Waals surface area contributed by atoms with Crippen molar-refractivity contribution in [1.29, 1.82) is 0 Å². The Labute approximate surface area is 97.8 Å². The van der Waals surface area contributed by atoms with Crippen molar-refractivity contribution in [3.63, 3.8) is 0 Å². The van der Waals surface area contributed by atoms with Gasteiger partial charge in [-0.1, -0.05) is 0 Å². The van der Waals surface area contributed by atoms with Crippen LogP contribution in [0.2, 0.25) is 0 Å². The largest absolute Gasteiger partial charge is 0.481 e. The number of aromatic nitrogens is 1. The van der Waals surface area contributed by atoms with E-state index in [1.807, 2.05) is 0 Å². The number of carboxylic acid groups (broad SMARTS) is 1. The topological polar surface area (TPSA) is 105 Å². The minimum Gasteiger partial charge on any atom is -0.481 e. The fraction of sp³-hybridized carbons (Fsp3) is 0.364. The Morgan fingerprint density at radius 3 is 2.59 bits per heavy atom. The summed E-state index contributed by atoms with van der Waals surface area (Å²) in [5.41, 5.74) is 4.77. The molecule has 0 unspecified atom stereocenters. The first-order chi connectivity index (χ1) is 8.03. The van der Waals surface area contributed by atoms with Gasteiger partial charge < -0.3 is 16.2 Å². The molecular formula is C11H13N3O3. The molecule has 0 spiro atoms. The lowest BCUT2D eigenvalue weighted by Gasteiger charge is -2.11. The first-order valence-electron chi connectivity index (χ1n) is 5.27. The third-order valence-electron chi connectivity index (χ3n) is 2.96. The first kappa shape index (κ1) is 11.4. The van der Waals surface area contributed by atoms with Crippen LogP contribution in [0.25, 0.3) is 0 Å². The summed E-state index contributed by atoms with van der Waals surface area (Å²) in [6, 6.07) is 3.16. The van der Waals surface area contributed by atoms with Crippen molar-refractivity contribution in [2.24, 2.45) is 11.1 Å². The summed E-state index contributed by atoms with van der Waals surface area (Å²) >= 11 is 0. The van der Waals surface area contributed by atoms with E-state index in [0.717, 1.165) is 0 Å². The minimum absolute atomic E-state index is 0.329. The van der Waals surface area contributed by atoms with Crippen molar-refractivity contribution in [2.75, 3.05) is 11.9 Å². The molecule has 1 aromatic heterocycles. The van der Waals surface area contributed by atoms with Gasteiger partial charge in [0.2, 0.25) is 5.91 Å². The summed E-state index contributed by atoms with van der Waals surface area (Å²) in [6.45, 7) is 0.352. The SMILES string of the molecule is NC(=O)c1ccc(NCC2(C(=O)O)CC2)nc1. The van der Waals surface area contributed by atoms with Gasteiger partial charge in [-0.25, -0.2) is 4.98 Å². The number of pyridine rings is 1. The van der Waals surface area contributed by atoms with Crippen molar-refractivity contribution in [3.8, 4) is 0 Å². The maximum absolute atomic E-state index is 10.9. The number of carbonyl (C=O) groups excluding carboxylic acids is 1. The Morgan fingerprint density at radius 2 is 2.18 bits per heavy atom. The van der Waals surface area contributed by atoms with Gasteiger partial charge >= 0.3 is 5.97 Å². The smallest absolute Gasteiger partial charge is 0.311 e. The Bertz CT molecular complexity index is 452. The second-order valence-electron chi connectivity index (χ2n) is 4.24. The predicted octanol–water partition coefficient (Wildman–Crippen LogP) is 0.457. The summed E-state index contributed by atoms with van der Waals surface area (Å²) in [5.74, 6) is -0.769. The Balaban J connectivity index is 1.96. The van der Waals surface area contributed by atoms with Gasteiger partial charge in [0.1, 0.15) is 5.82 Å². The van der Waals surface area contributed by atoms with Gasteiger partial charge in [0.15, 0.2) is 0 Å². The van der Waals surface area contributed by atoms with E-state index in [2.05, 4.69) is 10.3 Å². The van der Waals surface area contributed by atoms with Crippen LogP contribution in [-0.4, -0.2) is 28.5 Å². The van der Waals surface area contributed by atoms with Crippen molar-refractivity contribution in [3.05, 3.63) is 23.9 Å². The zero-order valence-corrected chi connectivity index (χ0v) is 9.14. The van der Waals surface area contributed by atoms with Gasteiger partial charge in [0.05, 0.1) is 11.0 Å². The number of carbonyl (C=O) groups is 2. The fourth-order valence-corrected chi connectivity index (χ4v) is 1.52. The molecule has 1 amide bonds. The van der Waals surface area contributed by atoms with Gasteiger partial charge in [-0.05, 0) is 25.0 Å². The summed E-state index contributed by atoms with van der Waals surface area (Å²) in [5, 5.41) is 11.9. The van der Waals surface area contributed by atoms with Crippen LogP contribution >= 0.6 is 0 Å². The molecular weight excluding hydrogens is 222 g/mol. The lowest BCUT2D eigenvalue weighted by molar-refractivity contribution is -0.142. The molecule has 90 valence electrons. The number of primary amides is 1. The van der Waals surface area contributed by atoms with E-state index in [1.165, 1.54) is 6.20 Å². The monoisotopic (exact) mass is 235 g/mol. The van der Waals surface area contributed by atoms with Crippen molar-refractivity contribution in [1.82, 2.24) is 4.98 Å². The van der Waals surface area contributed by atoms with Gasteiger partial charge in [-0.2, -0.15) is 0 Å². The molecule has 0 atom stereocenters. The molecule has 1 aliphatic carbocycles. The van der Waals surface area contributed by atoms with Crippen LogP contribution in [0, 0.1) is 5.41 Å². The Hall–Kier alpha value is -2.11. The molecule has 1 saturated carbocycles. The standard InChI is InChI=1S/C11H13N3O3/c12-9(15)7-1-2-8(13-5-7)14-6-11(3-4-11)10(16)17/h1-2,5H,3-4,6H2,(H2,12,15)(H,13,14)(H,16,17). The van der Waals surface area contributed by atoms with E-state index in [0.29, 0.717) is 30.8 Å². The fourth-order valence-electron chi connectivity index (χ4n) is 1.52. The molecule has 1 aliphatic rings. The number of nitrogens with two attached hydrogens (primary N) is 1. The summed E-state index contributed by atoms with van der Waals surface area (Å²) in [7, 11) is 0. The van der Waals surface area contributed by atoms with E-state index in [1.54, 1.807) is 12.1 Å². The highest BCUT2D eigenvalue weighted by Crippen LogP contribution is 2.45. The van der Waals surface area contributed by atoms with Crippen LogP contribution in [0.5, 0.6) is 0 Å². The maximum atomic E-state index is 10.9. The lowest BCUT2D eigenvalue weighted by Crippen LogP contribution is -2.24.